The Morgan fingerprint density at radius 3 is 2.63 bits per heavy atom. The average Bonchev–Trinajstić information content (AvgIpc) is 2.37. The topological polar surface area (TPSA) is 75.4 Å². The van der Waals surface area contributed by atoms with Crippen LogP contribution in [0.15, 0.2) is 12.1 Å². The number of hydrogen-bond acceptors (Lipinski definition) is 4. The van der Waals surface area contributed by atoms with Gasteiger partial charge in [0.15, 0.2) is 0 Å². The Balaban J connectivity index is 2.57. The zero-order valence-corrected chi connectivity index (χ0v) is 11.0. The van der Waals surface area contributed by atoms with Gasteiger partial charge in [-0.2, -0.15) is 0 Å². The maximum atomic E-state index is 13.3. The van der Waals surface area contributed by atoms with Crippen LogP contribution in [0.5, 0.6) is 0 Å². The summed E-state index contributed by atoms with van der Waals surface area (Å²) in [6.45, 7) is 2.36. The van der Waals surface area contributed by atoms with Gasteiger partial charge < -0.3 is 10.4 Å². The summed E-state index contributed by atoms with van der Waals surface area (Å²) in [5.74, 6) is -0.569. The molecular weight excluding hydrogens is 251 g/mol. The van der Waals surface area contributed by atoms with E-state index >= 15 is 0 Å². The quantitative estimate of drug-likeness (QED) is 0.432. The Kier molecular flexibility index (Phi) is 6.21. The van der Waals surface area contributed by atoms with Crippen molar-refractivity contribution >= 4 is 11.4 Å². The van der Waals surface area contributed by atoms with Crippen LogP contribution in [-0.2, 0) is 0 Å². The highest BCUT2D eigenvalue weighted by Crippen LogP contribution is 2.27. The first-order valence-electron chi connectivity index (χ1n) is 6.35. The maximum Gasteiger partial charge on any atom is 0.295 e. The van der Waals surface area contributed by atoms with Crippen molar-refractivity contribution < 1.29 is 14.4 Å². The van der Waals surface area contributed by atoms with Crippen molar-refractivity contribution in [1.29, 1.82) is 0 Å². The first kappa shape index (κ1) is 15.4. The minimum absolute atomic E-state index is 0.191. The van der Waals surface area contributed by atoms with Crippen molar-refractivity contribution in [3.05, 3.63) is 33.6 Å². The summed E-state index contributed by atoms with van der Waals surface area (Å²) >= 11 is 0. The summed E-state index contributed by atoms with van der Waals surface area (Å²) in [6, 6.07) is 2.41. The molecular formula is C13H19FN2O3. The molecule has 0 atom stereocenters. The lowest BCUT2D eigenvalue weighted by Crippen LogP contribution is -2.05. The fraction of sp³-hybridized carbons (Fsp3) is 0.538. The van der Waals surface area contributed by atoms with Gasteiger partial charge in [-0.1, -0.05) is 12.8 Å². The molecule has 2 N–H and O–H groups in total. The van der Waals surface area contributed by atoms with Gasteiger partial charge in [-0.3, -0.25) is 10.1 Å². The van der Waals surface area contributed by atoms with Gasteiger partial charge in [0.1, 0.15) is 11.5 Å². The lowest BCUT2D eigenvalue weighted by Gasteiger charge is -2.08. The minimum atomic E-state index is -0.587. The van der Waals surface area contributed by atoms with E-state index in [1.807, 2.05) is 0 Å². The number of aliphatic hydroxyl groups is 1. The highest BCUT2D eigenvalue weighted by molar-refractivity contribution is 5.63. The number of aliphatic hydroxyl groups excluding tert-OH is 1. The second-order valence-corrected chi connectivity index (χ2v) is 4.44. The lowest BCUT2D eigenvalue weighted by atomic mass is 10.1. The van der Waals surface area contributed by atoms with Crippen molar-refractivity contribution in [1.82, 2.24) is 0 Å². The van der Waals surface area contributed by atoms with Crippen LogP contribution in [0.4, 0.5) is 15.8 Å². The van der Waals surface area contributed by atoms with E-state index in [9.17, 15) is 14.5 Å². The summed E-state index contributed by atoms with van der Waals surface area (Å²) in [4.78, 5) is 10.2. The third-order valence-electron chi connectivity index (χ3n) is 2.87. The summed E-state index contributed by atoms with van der Waals surface area (Å²) in [5, 5.41) is 22.4. The second-order valence-electron chi connectivity index (χ2n) is 4.44. The van der Waals surface area contributed by atoms with E-state index in [0.29, 0.717) is 17.8 Å². The van der Waals surface area contributed by atoms with E-state index in [2.05, 4.69) is 5.32 Å². The Labute approximate surface area is 111 Å². The molecule has 106 valence electrons. The predicted octanol–water partition coefficient (Wildman–Crippen LogP) is 3.01. The predicted molar refractivity (Wildman–Crippen MR) is 71.8 cm³/mol. The Hall–Kier alpha value is -1.69. The van der Waals surface area contributed by atoms with E-state index in [4.69, 9.17) is 5.11 Å². The van der Waals surface area contributed by atoms with Crippen LogP contribution in [0.25, 0.3) is 0 Å². The molecule has 1 aromatic carbocycles. The SMILES string of the molecule is Cc1cc(NCCCCCCO)c([N+](=O)[O-])cc1F. The molecule has 0 unspecified atom stereocenters. The van der Waals surface area contributed by atoms with Gasteiger partial charge in [0.2, 0.25) is 0 Å². The summed E-state index contributed by atoms with van der Waals surface area (Å²) in [6.07, 6.45) is 3.51. The number of benzene rings is 1. The summed E-state index contributed by atoms with van der Waals surface area (Å²) in [7, 11) is 0. The van der Waals surface area contributed by atoms with Crippen LogP contribution in [-0.4, -0.2) is 23.2 Å². The fourth-order valence-corrected chi connectivity index (χ4v) is 1.78. The average molecular weight is 270 g/mol. The van der Waals surface area contributed by atoms with Crippen molar-refractivity contribution in [2.75, 3.05) is 18.5 Å². The fourth-order valence-electron chi connectivity index (χ4n) is 1.78. The van der Waals surface area contributed by atoms with Crippen LogP contribution >= 0.6 is 0 Å². The Morgan fingerprint density at radius 1 is 1.32 bits per heavy atom. The molecule has 0 spiro atoms. The number of unbranched alkanes of at least 4 members (excludes halogenated alkanes) is 3. The normalized spacial score (nSPS) is 10.5. The van der Waals surface area contributed by atoms with Crippen LogP contribution in [0.3, 0.4) is 0 Å². The lowest BCUT2D eigenvalue weighted by molar-refractivity contribution is -0.384. The van der Waals surface area contributed by atoms with E-state index in [0.717, 1.165) is 31.7 Å². The molecule has 0 aliphatic heterocycles. The molecule has 0 aliphatic rings. The molecule has 0 bridgehead atoms. The van der Waals surface area contributed by atoms with E-state index in [-0.39, 0.29) is 12.3 Å². The molecule has 0 aromatic heterocycles. The van der Waals surface area contributed by atoms with Gasteiger partial charge in [-0.25, -0.2) is 4.39 Å². The number of hydrogen-bond donors (Lipinski definition) is 2. The zero-order chi connectivity index (χ0) is 14.3. The van der Waals surface area contributed by atoms with Crippen LogP contribution in [0.2, 0.25) is 0 Å². The number of nitrogens with one attached hydrogen (secondary N) is 1. The number of aryl methyl sites for hydroxylation is 1. The van der Waals surface area contributed by atoms with Crippen LogP contribution < -0.4 is 5.32 Å². The van der Waals surface area contributed by atoms with E-state index in [1.54, 1.807) is 6.92 Å². The number of rotatable bonds is 8. The summed E-state index contributed by atoms with van der Waals surface area (Å²) < 4.78 is 13.3. The van der Waals surface area contributed by atoms with Gasteiger partial charge in [0.05, 0.1) is 11.0 Å². The monoisotopic (exact) mass is 270 g/mol. The van der Waals surface area contributed by atoms with Crippen LogP contribution in [0.1, 0.15) is 31.2 Å². The van der Waals surface area contributed by atoms with E-state index in [1.165, 1.54) is 6.07 Å². The second kappa shape index (κ2) is 7.68. The highest BCUT2D eigenvalue weighted by Gasteiger charge is 2.16. The molecule has 0 fully saturated rings. The molecule has 0 saturated carbocycles. The molecule has 0 heterocycles. The Bertz CT molecular complexity index is 438. The molecule has 19 heavy (non-hydrogen) atoms. The molecule has 1 rings (SSSR count). The number of halogens is 1. The Morgan fingerprint density at radius 2 is 2.00 bits per heavy atom. The molecule has 0 aliphatic carbocycles. The molecule has 1 aromatic rings. The first-order chi connectivity index (χ1) is 9.06. The molecule has 6 heteroatoms. The van der Waals surface area contributed by atoms with Crippen molar-refractivity contribution in [3.63, 3.8) is 0 Å². The molecule has 0 saturated heterocycles. The van der Waals surface area contributed by atoms with Crippen molar-refractivity contribution in [2.45, 2.75) is 32.6 Å². The smallest absolute Gasteiger partial charge is 0.295 e. The van der Waals surface area contributed by atoms with Gasteiger partial charge in [-0.05, 0) is 31.4 Å². The standard InChI is InChI=1S/C13H19FN2O3/c1-10-8-12(13(16(18)19)9-11(10)14)15-6-4-2-3-5-7-17/h8-9,15,17H,2-7H2,1H3. The zero-order valence-electron chi connectivity index (χ0n) is 11.0. The van der Waals surface area contributed by atoms with Crippen molar-refractivity contribution in [2.24, 2.45) is 0 Å². The number of nitro groups is 1. The molecule has 0 radical (unpaired) electrons. The van der Waals surface area contributed by atoms with Gasteiger partial charge >= 0.3 is 0 Å². The maximum absolute atomic E-state index is 13.3. The highest BCUT2D eigenvalue weighted by atomic mass is 19.1. The third-order valence-corrected chi connectivity index (χ3v) is 2.87. The first-order valence-corrected chi connectivity index (χ1v) is 6.35. The summed E-state index contributed by atoms with van der Waals surface area (Å²) in [5.41, 5.74) is 0.498. The molecule has 5 nitrogen and oxygen atoms in total. The number of nitrogens with zero attached hydrogens (tertiary/aromatic N) is 1. The van der Waals surface area contributed by atoms with Crippen LogP contribution in [0, 0.1) is 22.9 Å². The van der Waals surface area contributed by atoms with Gasteiger partial charge in [-0.15, -0.1) is 0 Å². The van der Waals surface area contributed by atoms with Gasteiger partial charge in [0, 0.05) is 13.2 Å². The number of anilines is 1. The van der Waals surface area contributed by atoms with Gasteiger partial charge in [0.25, 0.3) is 5.69 Å². The van der Waals surface area contributed by atoms with Crippen molar-refractivity contribution in [3.8, 4) is 0 Å². The third kappa shape index (κ3) is 4.82. The number of nitro benzene ring substituents is 1. The minimum Gasteiger partial charge on any atom is -0.396 e. The molecule has 0 amide bonds. The largest absolute Gasteiger partial charge is 0.396 e. The van der Waals surface area contributed by atoms with E-state index < -0.39 is 10.7 Å².